The maximum atomic E-state index is 12.9. The van der Waals surface area contributed by atoms with Crippen molar-refractivity contribution in [2.24, 2.45) is 0 Å². The third-order valence-electron chi connectivity index (χ3n) is 4.91. The number of nitrogens with zero attached hydrogens (tertiary/aromatic N) is 5. The van der Waals surface area contributed by atoms with E-state index < -0.39 is 41.6 Å². The molecule has 1 aliphatic rings. The molecule has 4 atom stereocenters. The zero-order valence-electron chi connectivity index (χ0n) is 15.8. The number of aromatic nitrogens is 4. The normalized spacial score (nSPS) is 23.5. The molecule has 0 unspecified atom stereocenters. The lowest BCUT2D eigenvalue weighted by atomic mass is 10.1. The second-order valence-corrected chi connectivity index (χ2v) is 7.69. The van der Waals surface area contributed by atoms with E-state index in [1.165, 1.54) is 17.0 Å². The summed E-state index contributed by atoms with van der Waals surface area (Å²) in [5, 5.41) is 40.6. The van der Waals surface area contributed by atoms with Gasteiger partial charge in [0.2, 0.25) is 5.95 Å². The molecule has 0 spiro atoms. The van der Waals surface area contributed by atoms with Gasteiger partial charge in [-0.1, -0.05) is 18.2 Å². The van der Waals surface area contributed by atoms with Gasteiger partial charge in [0.05, 0.1) is 17.9 Å². The molecule has 0 saturated carbocycles. The van der Waals surface area contributed by atoms with Crippen LogP contribution in [0, 0.1) is 10.1 Å². The van der Waals surface area contributed by atoms with Crippen LogP contribution in [-0.2, 0) is 10.5 Å². The van der Waals surface area contributed by atoms with Gasteiger partial charge in [-0.05, 0) is 11.9 Å². The first-order valence-electron chi connectivity index (χ1n) is 9.06. The number of benzene rings is 1. The summed E-state index contributed by atoms with van der Waals surface area (Å²) in [5.74, 6) is -0.0983. The maximum Gasteiger partial charge on any atom is 0.293 e. The Labute approximate surface area is 178 Å². The molecule has 14 heteroatoms. The van der Waals surface area contributed by atoms with Crippen molar-refractivity contribution in [2.45, 2.75) is 30.3 Å². The molecule has 5 N–H and O–H groups in total. The standard InChI is InChI=1S/C17H18N6O7S/c18-17-20-14-11(19-7-21(14)16-13(26)12(25)10(5-24)30-16)15(27)22(17)31-6-8-3-1-2-4-9(8)23(28)29/h1-4,7,10,12-13,16,24-26H,5-6H2,(H2,18,20)/t10-,12-,13-,16-/m1/s1. The molecule has 1 aromatic carbocycles. The van der Waals surface area contributed by atoms with Crippen LogP contribution in [0.5, 0.6) is 0 Å². The molecular formula is C17H18N6O7S. The second kappa shape index (κ2) is 8.24. The summed E-state index contributed by atoms with van der Waals surface area (Å²) in [4.78, 5) is 31.8. The number of fused-ring (bicyclic) bond motifs is 1. The summed E-state index contributed by atoms with van der Waals surface area (Å²) in [6.45, 7) is -0.508. The summed E-state index contributed by atoms with van der Waals surface area (Å²) in [6, 6.07) is 6.14. The first-order valence-corrected chi connectivity index (χ1v) is 10.0. The van der Waals surface area contributed by atoms with Crippen LogP contribution >= 0.6 is 11.9 Å². The zero-order valence-corrected chi connectivity index (χ0v) is 16.6. The van der Waals surface area contributed by atoms with E-state index in [9.17, 15) is 30.2 Å². The van der Waals surface area contributed by atoms with Crippen molar-refractivity contribution in [3.05, 3.63) is 56.6 Å². The maximum absolute atomic E-state index is 12.9. The fraction of sp³-hybridized carbons (Fsp3) is 0.353. The van der Waals surface area contributed by atoms with Gasteiger partial charge in [0.15, 0.2) is 17.4 Å². The molecule has 1 saturated heterocycles. The van der Waals surface area contributed by atoms with Gasteiger partial charge in [-0.3, -0.25) is 19.5 Å². The highest BCUT2D eigenvalue weighted by Crippen LogP contribution is 2.31. The van der Waals surface area contributed by atoms with Crippen molar-refractivity contribution in [2.75, 3.05) is 12.3 Å². The number of ether oxygens (including phenoxy) is 1. The number of nitrogens with two attached hydrogens (primary N) is 1. The van der Waals surface area contributed by atoms with Gasteiger partial charge >= 0.3 is 0 Å². The molecule has 0 aliphatic carbocycles. The van der Waals surface area contributed by atoms with E-state index in [1.54, 1.807) is 18.2 Å². The van der Waals surface area contributed by atoms with Crippen LogP contribution in [0.3, 0.4) is 0 Å². The van der Waals surface area contributed by atoms with E-state index >= 15 is 0 Å². The molecule has 0 amide bonds. The van der Waals surface area contributed by atoms with Crippen molar-refractivity contribution in [3.63, 3.8) is 0 Å². The number of rotatable bonds is 6. The first-order chi connectivity index (χ1) is 14.8. The number of imidazole rings is 1. The lowest BCUT2D eigenvalue weighted by Gasteiger charge is -2.17. The molecule has 2 aromatic heterocycles. The number of anilines is 1. The number of aliphatic hydroxyl groups excluding tert-OH is 3. The van der Waals surface area contributed by atoms with Crippen LogP contribution < -0.4 is 11.3 Å². The minimum atomic E-state index is -1.38. The minimum absolute atomic E-state index is 0.0277. The first kappa shape index (κ1) is 21.2. The van der Waals surface area contributed by atoms with Crippen LogP contribution in [-0.4, -0.2) is 63.7 Å². The molecular weight excluding hydrogens is 432 g/mol. The van der Waals surface area contributed by atoms with Gasteiger partial charge in [-0.25, -0.2) is 8.96 Å². The Morgan fingerprint density at radius 3 is 2.71 bits per heavy atom. The third-order valence-corrected chi connectivity index (χ3v) is 5.96. The van der Waals surface area contributed by atoms with Crippen molar-refractivity contribution >= 4 is 34.7 Å². The fourth-order valence-corrected chi connectivity index (χ4v) is 4.23. The summed E-state index contributed by atoms with van der Waals surface area (Å²) < 4.78 is 7.79. The Morgan fingerprint density at radius 1 is 1.29 bits per heavy atom. The molecule has 31 heavy (non-hydrogen) atoms. The molecule has 0 radical (unpaired) electrons. The van der Waals surface area contributed by atoms with Crippen LogP contribution in [0.2, 0.25) is 0 Å². The molecule has 4 rings (SSSR count). The third kappa shape index (κ3) is 3.64. The number of nitro benzene ring substituents is 1. The highest BCUT2D eigenvalue weighted by Gasteiger charge is 2.44. The lowest BCUT2D eigenvalue weighted by molar-refractivity contribution is -0.385. The van der Waals surface area contributed by atoms with E-state index in [2.05, 4.69) is 9.97 Å². The van der Waals surface area contributed by atoms with Crippen LogP contribution in [0.25, 0.3) is 11.2 Å². The van der Waals surface area contributed by atoms with E-state index in [0.717, 1.165) is 15.9 Å². The Kier molecular flexibility index (Phi) is 5.63. The lowest BCUT2D eigenvalue weighted by Crippen LogP contribution is -2.33. The van der Waals surface area contributed by atoms with E-state index in [0.29, 0.717) is 5.56 Å². The molecule has 1 aliphatic heterocycles. The topological polar surface area (TPSA) is 192 Å². The number of hydrogen-bond acceptors (Lipinski definition) is 11. The van der Waals surface area contributed by atoms with Gasteiger partial charge in [-0.2, -0.15) is 4.98 Å². The van der Waals surface area contributed by atoms with Crippen molar-refractivity contribution in [1.29, 1.82) is 0 Å². The van der Waals surface area contributed by atoms with Crippen molar-refractivity contribution in [3.8, 4) is 0 Å². The molecule has 0 bridgehead atoms. The monoisotopic (exact) mass is 450 g/mol. The van der Waals surface area contributed by atoms with Crippen molar-refractivity contribution in [1.82, 2.24) is 18.5 Å². The van der Waals surface area contributed by atoms with E-state index in [-0.39, 0.29) is 28.6 Å². The van der Waals surface area contributed by atoms with Crippen LogP contribution in [0.15, 0.2) is 35.4 Å². The Bertz CT molecular complexity index is 1200. The molecule has 3 aromatic rings. The fourth-order valence-electron chi connectivity index (χ4n) is 3.34. The molecule has 13 nitrogen and oxygen atoms in total. The average molecular weight is 450 g/mol. The number of nitro groups is 1. The predicted octanol–water partition coefficient (Wildman–Crippen LogP) is -0.609. The minimum Gasteiger partial charge on any atom is -0.394 e. The van der Waals surface area contributed by atoms with E-state index in [1.807, 2.05) is 0 Å². The van der Waals surface area contributed by atoms with E-state index in [4.69, 9.17) is 10.5 Å². The number of nitrogen functional groups attached to an aromatic ring is 1. The quantitative estimate of drug-likeness (QED) is 0.277. The van der Waals surface area contributed by atoms with Gasteiger partial charge in [0.1, 0.15) is 18.3 Å². The Hall–Kier alpha value is -3.04. The van der Waals surface area contributed by atoms with Crippen LogP contribution in [0.4, 0.5) is 11.6 Å². The molecule has 3 heterocycles. The summed E-state index contributed by atoms with van der Waals surface area (Å²) in [5.41, 5.74) is 5.64. The zero-order chi connectivity index (χ0) is 22.3. The average Bonchev–Trinajstić information content (AvgIpc) is 3.29. The van der Waals surface area contributed by atoms with Crippen molar-refractivity contribution < 1.29 is 25.0 Å². The second-order valence-electron chi connectivity index (χ2n) is 6.78. The van der Waals surface area contributed by atoms with Gasteiger partial charge in [0.25, 0.3) is 11.2 Å². The number of aliphatic hydroxyl groups is 3. The van der Waals surface area contributed by atoms with Crippen LogP contribution in [0.1, 0.15) is 11.8 Å². The number of para-hydroxylation sites is 1. The smallest absolute Gasteiger partial charge is 0.293 e. The summed E-state index contributed by atoms with van der Waals surface area (Å²) in [7, 11) is 0. The predicted molar refractivity (Wildman–Crippen MR) is 109 cm³/mol. The van der Waals surface area contributed by atoms with Gasteiger partial charge in [-0.15, -0.1) is 0 Å². The Balaban J connectivity index is 1.67. The number of hydrogen-bond donors (Lipinski definition) is 4. The van der Waals surface area contributed by atoms with Gasteiger partial charge < -0.3 is 25.8 Å². The SMILES string of the molecule is Nc1nc2c(ncn2[C@@H]2O[C@H](CO)[C@@H](O)[C@H]2O)c(=O)n1SCc1ccccc1[N+](=O)[O-]. The highest BCUT2D eigenvalue weighted by molar-refractivity contribution is 7.97. The van der Waals surface area contributed by atoms with Gasteiger partial charge in [0, 0.05) is 17.4 Å². The molecule has 1 fully saturated rings. The largest absolute Gasteiger partial charge is 0.394 e. The highest BCUT2D eigenvalue weighted by atomic mass is 32.2. The Morgan fingerprint density at radius 2 is 2.03 bits per heavy atom. The summed E-state index contributed by atoms with van der Waals surface area (Å²) >= 11 is 0.929. The molecule has 164 valence electrons. The summed E-state index contributed by atoms with van der Waals surface area (Å²) in [6.07, 6.45) is -3.63.